The summed E-state index contributed by atoms with van der Waals surface area (Å²) in [6.07, 6.45) is 0.196. The van der Waals surface area contributed by atoms with Gasteiger partial charge in [0.05, 0.1) is 37.9 Å². The van der Waals surface area contributed by atoms with E-state index >= 15 is 0 Å². The van der Waals surface area contributed by atoms with Crippen molar-refractivity contribution in [2.45, 2.75) is 43.6 Å². The Kier molecular flexibility index (Phi) is 7.40. The number of β-amino-alcohol motifs (C(OH)–C–C–N with tert-alkyl or cyclic N) is 1. The Morgan fingerprint density at radius 1 is 1.09 bits per heavy atom. The maximum absolute atomic E-state index is 13.3. The number of likely N-dealkylation sites (N-methyl/N-ethyl adjacent to an activating group) is 1. The molecular weight excluding hydrogens is 417 g/mol. The van der Waals surface area contributed by atoms with Crippen molar-refractivity contribution in [3.63, 3.8) is 0 Å². The van der Waals surface area contributed by atoms with Crippen molar-refractivity contribution in [3.8, 4) is 0 Å². The van der Waals surface area contributed by atoms with Crippen molar-refractivity contribution < 1.29 is 28.6 Å². The number of aliphatic hydroxyl groups excluding tert-OH is 1. The zero-order valence-electron chi connectivity index (χ0n) is 18.5. The molecule has 1 aromatic carbocycles. The van der Waals surface area contributed by atoms with Crippen LogP contribution in [0, 0.1) is 5.82 Å². The second kappa shape index (κ2) is 10.2. The van der Waals surface area contributed by atoms with Crippen molar-refractivity contribution in [2.24, 2.45) is 0 Å². The molecule has 3 heterocycles. The molecule has 2 amide bonds. The predicted octanol–water partition coefficient (Wildman–Crippen LogP) is 0.739. The minimum absolute atomic E-state index is 0.1000. The summed E-state index contributed by atoms with van der Waals surface area (Å²) < 4.78 is 25.2. The monoisotopic (exact) mass is 449 g/mol. The maximum Gasteiger partial charge on any atom is 0.254 e. The summed E-state index contributed by atoms with van der Waals surface area (Å²) in [6, 6.07) is 5.14. The van der Waals surface area contributed by atoms with Gasteiger partial charge in [-0.3, -0.25) is 9.59 Å². The summed E-state index contributed by atoms with van der Waals surface area (Å²) in [5, 5.41) is 10.3. The van der Waals surface area contributed by atoms with Crippen LogP contribution in [0.3, 0.4) is 0 Å². The molecule has 0 unspecified atom stereocenters. The van der Waals surface area contributed by atoms with Crippen LogP contribution >= 0.6 is 0 Å². The number of amides is 2. The second-order valence-corrected chi connectivity index (χ2v) is 8.99. The molecule has 1 aromatic rings. The molecular formula is C23H32FN3O5. The van der Waals surface area contributed by atoms with Crippen molar-refractivity contribution in [2.75, 3.05) is 53.0 Å². The third-order valence-electron chi connectivity index (χ3n) is 6.59. The van der Waals surface area contributed by atoms with Crippen LogP contribution < -0.4 is 0 Å². The smallest absolute Gasteiger partial charge is 0.254 e. The molecule has 32 heavy (non-hydrogen) atoms. The molecule has 0 bridgehead atoms. The van der Waals surface area contributed by atoms with Crippen LogP contribution in [0.4, 0.5) is 4.39 Å². The molecule has 9 heteroatoms. The van der Waals surface area contributed by atoms with Crippen molar-refractivity contribution >= 4 is 11.8 Å². The summed E-state index contributed by atoms with van der Waals surface area (Å²) in [5.74, 6) is -0.575. The van der Waals surface area contributed by atoms with Gasteiger partial charge in [0.25, 0.3) is 5.91 Å². The van der Waals surface area contributed by atoms with Crippen LogP contribution in [0.15, 0.2) is 24.3 Å². The predicted molar refractivity (Wildman–Crippen MR) is 115 cm³/mol. The molecule has 0 aliphatic carbocycles. The first-order valence-electron chi connectivity index (χ1n) is 11.3. The molecule has 3 aliphatic heterocycles. The van der Waals surface area contributed by atoms with E-state index in [2.05, 4.69) is 11.9 Å². The second-order valence-electron chi connectivity index (χ2n) is 8.99. The highest BCUT2D eigenvalue weighted by Gasteiger charge is 2.40. The highest BCUT2D eigenvalue weighted by Crippen LogP contribution is 2.29. The molecule has 3 saturated heterocycles. The zero-order valence-corrected chi connectivity index (χ0v) is 18.5. The van der Waals surface area contributed by atoms with E-state index < -0.39 is 11.9 Å². The molecule has 0 spiro atoms. The van der Waals surface area contributed by atoms with Crippen LogP contribution in [0.25, 0.3) is 0 Å². The standard InChI is InChI=1S/C23H32FN3O5/c1-25-8-10-26(11-9-25)22(29)12-19-6-7-20-21(32-19)15-31-14-18(28)13-27(20)23(30)16-2-4-17(24)5-3-16/h2-5,18-21,28H,6-15H2,1H3/t18-,19-,20-,21+/m1/s1. The number of hydrogen-bond donors (Lipinski definition) is 1. The van der Waals surface area contributed by atoms with E-state index in [1.54, 1.807) is 4.90 Å². The fourth-order valence-electron chi connectivity index (χ4n) is 4.71. The van der Waals surface area contributed by atoms with Gasteiger partial charge >= 0.3 is 0 Å². The molecule has 176 valence electrons. The summed E-state index contributed by atoms with van der Waals surface area (Å²) in [6.45, 7) is 3.67. The molecule has 1 N–H and O–H groups in total. The van der Waals surface area contributed by atoms with E-state index in [1.165, 1.54) is 24.3 Å². The first-order chi connectivity index (χ1) is 15.4. The summed E-state index contributed by atoms with van der Waals surface area (Å²) in [4.78, 5) is 31.7. The number of carbonyl (C=O) groups excluding carboxylic acids is 2. The number of fused-ring (bicyclic) bond motifs is 1. The Hall–Kier alpha value is -2.07. The highest BCUT2D eigenvalue weighted by molar-refractivity contribution is 5.94. The number of rotatable bonds is 3. The zero-order chi connectivity index (χ0) is 22.7. The maximum atomic E-state index is 13.3. The number of nitrogens with zero attached hydrogens (tertiary/aromatic N) is 3. The van der Waals surface area contributed by atoms with Crippen LogP contribution in [0.2, 0.25) is 0 Å². The quantitative estimate of drug-likeness (QED) is 0.733. The number of aliphatic hydroxyl groups is 1. The number of hydrogen-bond acceptors (Lipinski definition) is 6. The fraction of sp³-hybridized carbons (Fsp3) is 0.652. The summed E-state index contributed by atoms with van der Waals surface area (Å²) in [5.41, 5.74) is 0.367. The number of halogens is 1. The molecule has 0 saturated carbocycles. The van der Waals surface area contributed by atoms with Crippen molar-refractivity contribution in [1.29, 1.82) is 0 Å². The molecule has 4 atom stereocenters. The van der Waals surface area contributed by atoms with Gasteiger partial charge in [-0.05, 0) is 44.2 Å². The lowest BCUT2D eigenvalue weighted by Crippen LogP contribution is -2.57. The fourth-order valence-corrected chi connectivity index (χ4v) is 4.71. The minimum Gasteiger partial charge on any atom is -0.389 e. The van der Waals surface area contributed by atoms with Gasteiger partial charge in [0.1, 0.15) is 11.9 Å². The molecule has 0 aromatic heterocycles. The first-order valence-corrected chi connectivity index (χ1v) is 11.3. The van der Waals surface area contributed by atoms with E-state index in [1.807, 2.05) is 4.90 Å². The third kappa shape index (κ3) is 5.46. The van der Waals surface area contributed by atoms with E-state index in [0.29, 0.717) is 24.8 Å². The normalized spacial score (nSPS) is 29.7. The lowest BCUT2D eigenvalue weighted by Gasteiger charge is -2.44. The van der Waals surface area contributed by atoms with Gasteiger partial charge < -0.3 is 29.3 Å². The molecule has 0 radical (unpaired) electrons. The molecule has 3 fully saturated rings. The van der Waals surface area contributed by atoms with Gasteiger partial charge in [0, 0.05) is 38.3 Å². The first kappa shape index (κ1) is 23.1. The number of ether oxygens (including phenoxy) is 2. The average molecular weight is 450 g/mol. The average Bonchev–Trinajstić information content (AvgIpc) is 2.77. The van der Waals surface area contributed by atoms with Gasteiger partial charge in [0.15, 0.2) is 0 Å². The van der Waals surface area contributed by atoms with Gasteiger partial charge in [-0.2, -0.15) is 0 Å². The van der Waals surface area contributed by atoms with Gasteiger partial charge in [-0.1, -0.05) is 0 Å². The van der Waals surface area contributed by atoms with Gasteiger partial charge in [-0.25, -0.2) is 4.39 Å². The van der Waals surface area contributed by atoms with E-state index in [9.17, 15) is 19.1 Å². The highest BCUT2D eigenvalue weighted by atomic mass is 19.1. The van der Waals surface area contributed by atoms with Crippen LogP contribution in [-0.2, 0) is 14.3 Å². The molecule has 4 rings (SSSR count). The van der Waals surface area contributed by atoms with Crippen LogP contribution in [-0.4, -0.2) is 109 Å². The van der Waals surface area contributed by atoms with Crippen LogP contribution in [0.5, 0.6) is 0 Å². The summed E-state index contributed by atoms with van der Waals surface area (Å²) in [7, 11) is 2.05. The SMILES string of the molecule is CN1CCN(C(=O)C[C@H]2CC[C@@H]3[C@H](COC[C@H](O)CN3C(=O)c3ccc(F)cc3)O2)CC1. The Bertz CT molecular complexity index is 799. The number of benzene rings is 1. The lowest BCUT2D eigenvalue weighted by molar-refractivity contribution is -0.155. The van der Waals surface area contributed by atoms with Crippen molar-refractivity contribution in [1.82, 2.24) is 14.7 Å². The Morgan fingerprint density at radius 2 is 1.81 bits per heavy atom. The third-order valence-corrected chi connectivity index (χ3v) is 6.59. The lowest BCUT2D eigenvalue weighted by atomic mass is 9.94. The van der Waals surface area contributed by atoms with Gasteiger partial charge in [0.2, 0.25) is 5.91 Å². The Labute approximate surface area is 187 Å². The summed E-state index contributed by atoms with van der Waals surface area (Å²) >= 11 is 0. The van der Waals surface area contributed by atoms with Crippen molar-refractivity contribution in [3.05, 3.63) is 35.6 Å². The Balaban J connectivity index is 1.42. The van der Waals surface area contributed by atoms with Gasteiger partial charge in [-0.15, -0.1) is 0 Å². The number of piperazine rings is 1. The van der Waals surface area contributed by atoms with E-state index in [0.717, 1.165) is 26.2 Å². The number of carbonyl (C=O) groups is 2. The minimum atomic E-state index is -0.808. The topological polar surface area (TPSA) is 82.6 Å². The Morgan fingerprint density at radius 3 is 2.53 bits per heavy atom. The molecule has 8 nitrogen and oxygen atoms in total. The van der Waals surface area contributed by atoms with E-state index in [-0.39, 0.29) is 49.8 Å². The van der Waals surface area contributed by atoms with E-state index in [4.69, 9.17) is 9.47 Å². The molecule has 3 aliphatic rings. The largest absolute Gasteiger partial charge is 0.389 e. The van der Waals surface area contributed by atoms with Crippen LogP contribution in [0.1, 0.15) is 29.6 Å².